The molecular weight excluding hydrogens is 254 g/mol. The van der Waals surface area contributed by atoms with Crippen molar-refractivity contribution in [3.63, 3.8) is 0 Å². The van der Waals surface area contributed by atoms with E-state index in [0.29, 0.717) is 11.6 Å². The Balaban J connectivity index is 2.77. The molecule has 1 rings (SSSR count). The van der Waals surface area contributed by atoms with E-state index in [1.54, 1.807) is 0 Å². The average Bonchev–Trinajstić information content (AvgIpc) is 2.15. The predicted molar refractivity (Wildman–Crippen MR) is 68.2 cm³/mol. The number of nitrogen functional groups attached to an aromatic ring is 1. The van der Waals surface area contributed by atoms with Gasteiger partial charge in [-0.15, -0.1) is 0 Å². The van der Waals surface area contributed by atoms with E-state index in [4.69, 9.17) is 10.5 Å². The molecule has 1 atom stereocenters. The highest BCUT2D eigenvalue weighted by molar-refractivity contribution is 9.10. The van der Waals surface area contributed by atoms with Gasteiger partial charge in [-0.25, -0.2) is 0 Å². The Morgan fingerprint density at radius 2 is 2.13 bits per heavy atom. The lowest BCUT2D eigenvalue weighted by Gasteiger charge is -2.15. The van der Waals surface area contributed by atoms with Crippen LogP contribution in [0, 0.1) is 12.8 Å². The van der Waals surface area contributed by atoms with Crippen LogP contribution in [0.5, 0.6) is 5.75 Å². The molecule has 0 aliphatic rings. The lowest BCUT2D eigenvalue weighted by molar-refractivity contribution is 0.256. The SMILES string of the molecule is CCC(C)COc1c(C)cc(Br)cc1N. The molecule has 3 heteroatoms. The van der Waals surface area contributed by atoms with Crippen LogP contribution < -0.4 is 10.5 Å². The monoisotopic (exact) mass is 271 g/mol. The standard InChI is InChI=1S/C12H18BrNO/c1-4-8(2)7-15-12-9(3)5-10(13)6-11(12)14/h5-6,8H,4,7,14H2,1-3H3. The molecule has 0 aromatic heterocycles. The van der Waals surface area contributed by atoms with Crippen molar-refractivity contribution in [3.8, 4) is 5.75 Å². The largest absolute Gasteiger partial charge is 0.491 e. The van der Waals surface area contributed by atoms with Gasteiger partial charge in [0.2, 0.25) is 0 Å². The smallest absolute Gasteiger partial charge is 0.145 e. The Morgan fingerprint density at radius 1 is 1.47 bits per heavy atom. The Labute approximate surface area is 99.9 Å². The van der Waals surface area contributed by atoms with Crippen molar-refractivity contribution < 1.29 is 4.74 Å². The van der Waals surface area contributed by atoms with Gasteiger partial charge in [-0.05, 0) is 30.5 Å². The number of hydrogen-bond acceptors (Lipinski definition) is 2. The summed E-state index contributed by atoms with van der Waals surface area (Å²) in [6.45, 7) is 7.06. The molecule has 0 spiro atoms. The van der Waals surface area contributed by atoms with Gasteiger partial charge in [-0.2, -0.15) is 0 Å². The van der Waals surface area contributed by atoms with Gasteiger partial charge in [0.25, 0.3) is 0 Å². The molecule has 0 saturated carbocycles. The maximum atomic E-state index is 5.89. The number of nitrogens with two attached hydrogens (primary N) is 1. The summed E-state index contributed by atoms with van der Waals surface area (Å²) < 4.78 is 6.72. The molecule has 15 heavy (non-hydrogen) atoms. The van der Waals surface area contributed by atoms with Crippen molar-refractivity contribution in [2.75, 3.05) is 12.3 Å². The molecule has 1 unspecified atom stereocenters. The molecule has 0 bridgehead atoms. The Morgan fingerprint density at radius 3 is 2.67 bits per heavy atom. The summed E-state index contributed by atoms with van der Waals surface area (Å²) in [6, 6.07) is 3.89. The highest BCUT2D eigenvalue weighted by atomic mass is 79.9. The van der Waals surface area contributed by atoms with Crippen LogP contribution in [0.15, 0.2) is 16.6 Å². The van der Waals surface area contributed by atoms with Crippen LogP contribution in [0.25, 0.3) is 0 Å². The number of aryl methyl sites for hydroxylation is 1. The number of rotatable bonds is 4. The van der Waals surface area contributed by atoms with E-state index < -0.39 is 0 Å². The van der Waals surface area contributed by atoms with Gasteiger partial charge in [0.1, 0.15) is 5.75 Å². The Kier molecular flexibility index (Phi) is 4.45. The third-order valence-electron chi connectivity index (χ3n) is 2.48. The molecule has 0 fully saturated rings. The number of anilines is 1. The van der Waals surface area contributed by atoms with E-state index in [9.17, 15) is 0 Å². The first-order valence-electron chi connectivity index (χ1n) is 5.23. The van der Waals surface area contributed by atoms with Crippen LogP contribution in [-0.4, -0.2) is 6.61 Å². The predicted octanol–water partition coefficient (Wildman–Crippen LogP) is 3.76. The van der Waals surface area contributed by atoms with Crippen molar-refractivity contribution in [2.45, 2.75) is 27.2 Å². The van der Waals surface area contributed by atoms with Gasteiger partial charge in [-0.3, -0.25) is 0 Å². The van der Waals surface area contributed by atoms with Gasteiger partial charge in [-0.1, -0.05) is 36.2 Å². The zero-order valence-electron chi connectivity index (χ0n) is 9.51. The van der Waals surface area contributed by atoms with Crippen LogP contribution in [-0.2, 0) is 0 Å². The molecule has 0 aliphatic heterocycles. The lowest BCUT2D eigenvalue weighted by Crippen LogP contribution is -2.09. The Bertz CT molecular complexity index is 315. The van der Waals surface area contributed by atoms with Gasteiger partial charge in [0.15, 0.2) is 0 Å². The summed E-state index contributed by atoms with van der Waals surface area (Å²) in [5, 5.41) is 0. The highest BCUT2D eigenvalue weighted by Crippen LogP contribution is 2.30. The summed E-state index contributed by atoms with van der Waals surface area (Å²) in [6.07, 6.45) is 1.12. The van der Waals surface area contributed by atoms with E-state index in [1.807, 2.05) is 19.1 Å². The molecule has 0 heterocycles. The lowest BCUT2D eigenvalue weighted by atomic mass is 10.1. The van der Waals surface area contributed by atoms with Crippen molar-refractivity contribution in [2.24, 2.45) is 5.92 Å². The molecule has 2 nitrogen and oxygen atoms in total. The minimum atomic E-state index is 0.562. The van der Waals surface area contributed by atoms with Crippen molar-refractivity contribution in [3.05, 3.63) is 22.2 Å². The molecule has 2 N–H and O–H groups in total. The van der Waals surface area contributed by atoms with E-state index in [1.165, 1.54) is 0 Å². The second-order valence-corrected chi connectivity index (χ2v) is 4.88. The summed E-state index contributed by atoms with van der Waals surface area (Å²) in [5.41, 5.74) is 7.67. The third kappa shape index (κ3) is 3.42. The quantitative estimate of drug-likeness (QED) is 0.847. The zero-order chi connectivity index (χ0) is 11.4. The summed E-state index contributed by atoms with van der Waals surface area (Å²) in [4.78, 5) is 0. The van der Waals surface area contributed by atoms with E-state index in [-0.39, 0.29) is 0 Å². The second-order valence-electron chi connectivity index (χ2n) is 3.97. The summed E-state index contributed by atoms with van der Waals surface area (Å²) >= 11 is 3.41. The van der Waals surface area contributed by atoms with Crippen molar-refractivity contribution >= 4 is 21.6 Å². The second kappa shape index (κ2) is 5.40. The van der Waals surface area contributed by atoms with Gasteiger partial charge >= 0.3 is 0 Å². The molecule has 84 valence electrons. The van der Waals surface area contributed by atoms with Crippen LogP contribution in [0.1, 0.15) is 25.8 Å². The fourth-order valence-corrected chi connectivity index (χ4v) is 1.89. The van der Waals surface area contributed by atoms with E-state index in [2.05, 4.69) is 29.8 Å². The van der Waals surface area contributed by atoms with Crippen LogP contribution in [0.2, 0.25) is 0 Å². The maximum Gasteiger partial charge on any atom is 0.145 e. The summed E-state index contributed by atoms with van der Waals surface area (Å²) in [7, 11) is 0. The fraction of sp³-hybridized carbons (Fsp3) is 0.500. The normalized spacial score (nSPS) is 12.5. The molecule has 0 amide bonds. The van der Waals surface area contributed by atoms with E-state index in [0.717, 1.165) is 28.8 Å². The van der Waals surface area contributed by atoms with Crippen LogP contribution in [0.3, 0.4) is 0 Å². The number of hydrogen-bond donors (Lipinski definition) is 1. The molecule has 1 aromatic rings. The molecule has 0 aliphatic carbocycles. The maximum absolute atomic E-state index is 5.89. The van der Waals surface area contributed by atoms with Gasteiger partial charge < -0.3 is 10.5 Å². The first-order chi connectivity index (χ1) is 7.04. The minimum Gasteiger partial charge on any atom is -0.491 e. The molecular formula is C12H18BrNO. The first-order valence-corrected chi connectivity index (χ1v) is 6.02. The van der Waals surface area contributed by atoms with Crippen LogP contribution >= 0.6 is 15.9 Å². The summed E-state index contributed by atoms with van der Waals surface area (Å²) in [5.74, 6) is 1.38. The topological polar surface area (TPSA) is 35.2 Å². The first kappa shape index (κ1) is 12.4. The highest BCUT2D eigenvalue weighted by Gasteiger charge is 2.07. The molecule has 0 radical (unpaired) electrons. The fourth-order valence-electron chi connectivity index (χ4n) is 1.30. The molecule has 1 aromatic carbocycles. The minimum absolute atomic E-state index is 0.562. The zero-order valence-corrected chi connectivity index (χ0v) is 11.1. The third-order valence-corrected chi connectivity index (χ3v) is 2.94. The van der Waals surface area contributed by atoms with Crippen LogP contribution in [0.4, 0.5) is 5.69 Å². The average molecular weight is 272 g/mol. The van der Waals surface area contributed by atoms with Gasteiger partial charge in [0.05, 0.1) is 12.3 Å². The number of benzene rings is 1. The number of ether oxygens (including phenoxy) is 1. The van der Waals surface area contributed by atoms with E-state index >= 15 is 0 Å². The Hall–Kier alpha value is -0.700. The molecule has 0 saturated heterocycles. The van der Waals surface area contributed by atoms with Crippen molar-refractivity contribution in [1.82, 2.24) is 0 Å². The van der Waals surface area contributed by atoms with Crippen molar-refractivity contribution in [1.29, 1.82) is 0 Å². The van der Waals surface area contributed by atoms with Gasteiger partial charge in [0, 0.05) is 4.47 Å². The number of halogens is 1.